The van der Waals surface area contributed by atoms with Crippen LogP contribution in [-0.4, -0.2) is 19.6 Å². The molecule has 2 nitrogen and oxygen atoms in total. The Kier molecular flexibility index (Phi) is 3.83. The van der Waals surface area contributed by atoms with Crippen LogP contribution in [0.2, 0.25) is 0 Å². The van der Waals surface area contributed by atoms with E-state index in [2.05, 4.69) is 35.8 Å². The summed E-state index contributed by atoms with van der Waals surface area (Å²) < 4.78 is 0. The lowest BCUT2D eigenvalue weighted by molar-refractivity contribution is 0.459. The van der Waals surface area contributed by atoms with Crippen molar-refractivity contribution in [3.05, 3.63) is 29.3 Å². The maximum atomic E-state index is 3.63. The standard InChI is InChI=1S/C14H22N2/c1-3-9-16-12-7-8-13-11(10-12)5-4-6-14(13)15-2/h4-6,12,15-16H,3,7-10H2,1-2H3. The van der Waals surface area contributed by atoms with Crippen LogP contribution < -0.4 is 10.6 Å². The van der Waals surface area contributed by atoms with E-state index < -0.39 is 0 Å². The van der Waals surface area contributed by atoms with E-state index in [1.807, 2.05) is 7.05 Å². The SMILES string of the molecule is CCCNC1CCc2c(cccc2NC)C1. The van der Waals surface area contributed by atoms with Crippen LogP contribution in [0.4, 0.5) is 5.69 Å². The molecular formula is C14H22N2. The molecule has 0 aliphatic heterocycles. The Morgan fingerprint density at radius 2 is 2.25 bits per heavy atom. The fourth-order valence-corrected chi connectivity index (χ4v) is 2.56. The molecule has 0 aromatic heterocycles. The third kappa shape index (κ3) is 2.38. The number of nitrogens with one attached hydrogen (secondary N) is 2. The van der Waals surface area contributed by atoms with Gasteiger partial charge in [0.15, 0.2) is 0 Å². The molecule has 0 saturated heterocycles. The fourth-order valence-electron chi connectivity index (χ4n) is 2.56. The molecule has 16 heavy (non-hydrogen) atoms. The lowest BCUT2D eigenvalue weighted by atomic mass is 9.87. The Hall–Kier alpha value is -1.02. The smallest absolute Gasteiger partial charge is 0.0372 e. The van der Waals surface area contributed by atoms with Crippen molar-refractivity contribution in [2.24, 2.45) is 0 Å². The number of benzene rings is 1. The van der Waals surface area contributed by atoms with Crippen molar-refractivity contribution in [3.8, 4) is 0 Å². The number of anilines is 1. The van der Waals surface area contributed by atoms with Crippen LogP contribution in [0.25, 0.3) is 0 Å². The second-order valence-corrected chi connectivity index (χ2v) is 4.59. The first-order valence-electron chi connectivity index (χ1n) is 6.37. The summed E-state index contributed by atoms with van der Waals surface area (Å²) in [7, 11) is 2.01. The summed E-state index contributed by atoms with van der Waals surface area (Å²) in [6.07, 6.45) is 4.88. The van der Waals surface area contributed by atoms with Crippen LogP contribution in [0.3, 0.4) is 0 Å². The van der Waals surface area contributed by atoms with E-state index in [1.165, 1.54) is 42.5 Å². The molecule has 88 valence electrons. The van der Waals surface area contributed by atoms with Crippen LogP contribution in [0.1, 0.15) is 30.9 Å². The average molecular weight is 218 g/mol. The zero-order chi connectivity index (χ0) is 11.4. The molecule has 0 spiro atoms. The van der Waals surface area contributed by atoms with Gasteiger partial charge in [-0.2, -0.15) is 0 Å². The lowest BCUT2D eigenvalue weighted by Gasteiger charge is -2.27. The Balaban J connectivity index is 2.09. The molecule has 2 N–H and O–H groups in total. The summed E-state index contributed by atoms with van der Waals surface area (Å²) in [5.41, 5.74) is 4.36. The molecule has 1 aromatic rings. The van der Waals surface area contributed by atoms with E-state index in [4.69, 9.17) is 0 Å². The van der Waals surface area contributed by atoms with Gasteiger partial charge in [0.2, 0.25) is 0 Å². The summed E-state index contributed by atoms with van der Waals surface area (Å²) in [5, 5.41) is 6.92. The third-order valence-corrected chi connectivity index (χ3v) is 3.43. The van der Waals surface area contributed by atoms with Gasteiger partial charge in [-0.25, -0.2) is 0 Å². The maximum absolute atomic E-state index is 3.63. The normalized spacial score (nSPS) is 19.2. The fraction of sp³-hybridized carbons (Fsp3) is 0.571. The summed E-state index contributed by atoms with van der Waals surface area (Å²) in [5.74, 6) is 0. The van der Waals surface area contributed by atoms with Gasteiger partial charge in [0.1, 0.15) is 0 Å². The highest BCUT2D eigenvalue weighted by Gasteiger charge is 2.19. The minimum atomic E-state index is 0.680. The first-order chi connectivity index (χ1) is 7.85. The quantitative estimate of drug-likeness (QED) is 0.811. The molecule has 0 saturated carbocycles. The average Bonchev–Trinajstić information content (AvgIpc) is 2.35. The van der Waals surface area contributed by atoms with E-state index in [1.54, 1.807) is 0 Å². The van der Waals surface area contributed by atoms with Crippen LogP contribution in [0.15, 0.2) is 18.2 Å². The number of hydrogen-bond donors (Lipinski definition) is 2. The molecular weight excluding hydrogens is 196 g/mol. The van der Waals surface area contributed by atoms with Gasteiger partial charge in [-0.05, 0) is 49.4 Å². The zero-order valence-electron chi connectivity index (χ0n) is 10.3. The monoisotopic (exact) mass is 218 g/mol. The maximum Gasteiger partial charge on any atom is 0.0372 e. The van der Waals surface area contributed by atoms with Crippen molar-refractivity contribution in [2.75, 3.05) is 18.9 Å². The van der Waals surface area contributed by atoms with Crippen molar-refractivity contribution >= 4 is 5.69 Å². The van der Waals surface area contributed by atoms with Gasteiger partial charge in [-0.1, -0.05) is 19.1 Å². The van der Waals surface area contributed by atoms with Gasteiger partial charge in [0, 0.05) is 18.8 Å². The molecule has 1 atom stereocenters. The molecule has 2 heteroatoms. The number of rotatable bonds is 4. The first-order valence-corrected chi connectivity index (χ1v) is 6.37. The highest BCUT2D eigenvalue weighted by molar-refractivity contribution is 5.55. The zero-order valence-corrected chi connectivity index (χ0v) is 10.3. The highest BCUT2D eigenvalue weighted by atomic mass is 14.9. The Morgan fingerprint density at radius 3 is 3.00 bits per heavy atom. The van der Waals surface area contributed by atoms with Crippen LogP contribution in [0, 0.1) is 0 Å². The van der Waals surface area contributed by atoms with E-state index in [0.717, 1.165) is 6.54 Å². The Labute approximate surface area is 98.4 Å². The molecule has 1 unspecified atom stereocenters. The molecule has 0 amide bonds. The summed E-state index contributed by atoms with van der Waals surface area (Å²) in [6, 6.07) is 7.29. The summed E-state index contributed by atoms with van der Waals surface area (Å²) in [6.45, 7) is 3.37. The summed E-state index contributed by atoms with van der Waals surface area (Å²) >= 11 is 0. The lowest BCUT2D eigenvalue weighted by Crippen LogP contribution is -2.35. The van der Waals surface area contributed by atoms with Gasteiger partial charge in [-0.3, -0.25) is 0 Å². The second kappa shape index (κ2) is 5.35. The predicted molar refractivity (Wildman–Crippen MR) is 70.1 cm³/mol. The van der Waals surface area contributed by atoms with Crippen LogP contribution in [-0.2, 0) is 12.8 Å². The molecule has 0 fully saturated rings. The third-order valence-electron chi connectivity index (χ3n) is 3.43. The topological polar surface area (TPSA) is 24.1 Å². The van der Waals surface area contributed by atoms with Gasteiger partial charge < -0.3 is 10.6 Å². The van der Waals surface area contributed by atoms with Gasteiger partial charge >= 0.3 is 0 Å². The largest absolute Gasteiger partial charge is 0.388 e. The Bertz CT molecular complexity index is 347. The Morgan fingerprint density at radius 1 is 1.38 bits per heavy atom. The van der Waals surface area contributed by atoms with E-state index >= 15 is 0 Å². The first kappa shape index (κ1) is 11.5. The van der Waals surface area contributed by atoms with Gasteiger partial charge in [0.05, 0.1) is 0 Å². The van der Waals surface area contributed by atoms with Crippen LogP contribution >= 0.6 is 0 Å². The van der Waals surface area contributed by atoms with E-state index in [9.17, 15) is 0 Å². The number of hydrogen-bond acceptors (Lipinski definition) is 2. The van der Waals surface area contributed by atoms with Crippen molar-refractivity contribution in [3.63, 3.8) is 0 Å². The molecule has 2 rings (SSSR count). The van der Waals surface area contributed by atoms with Crippen LogP contribution in [0.5, 0.6) is 0 Å². The molecule has 0 radical (unpaired) electrons. The van der Waals surface area contributed by atoms with Crippen molar-refractivity contribution in [1.29, 1.82) is 0 Å². The predicted octanol–water partition coefficient (Wildman–Crippen LogP) is 2.59. The molecule has 0 heterocycles. The van der Waals surface area contributed by atoms with E-state index in [0.29, 0.717) is 6.04 Å². The minimum absolute atomic E-state index is 0.680. The van der Waals surface area contributed by atoms with E-state index in [-0.39, 0.29) is 0 Å². The molecule has 1 aliphatic rings. The highest BCUT2D eigenvalue weighted by Crippen LogP contribution is 2.27. The van der Waals surface area contributed by atoms with Gasteiger partial charge in [-0.15, -0.1) is 0 Å². The van der Waals surface area contributed by atoms with Crippen molar-refractivity contribution in [1.82, 2.24) is 5.32 Å². The van der Waals surface area contributed by atoms with Gasteiger partial charge in [0.25, 0.3) is 0 Å². The second-order valence-electron chi connectivity index (χ2n) is 4.59. The number of fused-ring (bicyclic) bond motifs is 1. The summed E-state index contributed by atoms with van der Waals surface area (Å²) in [4.78, 5) is 0. The molecule has 0 bridgehead atoms. The van der Waals surface area contributed by atoms with Crippen molar-refractivity contribution in [2.45, 2.75) is 38.6 Å². The minimum Gasteiger partial charge on any atom is -0.388 e. The molecule has 1 aromatic carbocycles. The van der Waals surface area contributed by atoms with Crippen molar-refractivity contribution < 1.29 is 0 Å². The molecule has 1 aliphatic carbocycles.